The van der Waals surface area contributed by atoms with Crippen LogP contribution in [0.5, 0.6) is 0 Å². The van der Waals surface area contributed by atoms with E-state index in [2.05, 4.69) is 16.7 Å². The summed E-state index contributed by atoms with van der Waals surface area (Å²) in [6.45, 7) is 9.83. The number of hydrogen-bond acceptors (Lipinski definition) is 3. The number of fused-ring (bicyclic) bond motifs is 1. The first kappa shape index (κ1) is 14.8. The first-order chi connectivity index (χ1) is 9.71. The van der Waals surface area contributed by atoms with Gasteiger partial charge in [-0.25, -0.2) is 0 Å². The molecule has 0 aromatic rings. The van der Waals surface area contributed by atoms with Crippen molar-refractivity contribution in [3.05, 3.63) is 0 Å². The summed E-state index contributed by atoms with van der Waals surface area (Å²) in [4.78, 5) is 5.50. The monoisotopic (exact) mass is 279 g/mol. The van der Waals surface area contributed by atoms with Crippen molar-refractivity contribution in [1.29, 1.82) is 0 Å². The van der Waals surface area contributed by atoms with Crippen molar-refractivity contribution in [1.82, 2.24) is 9.80 Å². The molecule has 1 saturated carbocycles. The highest BCUT2D eigenvalue weighted by Gasteiger charge is 2.36. The molecule has 3 rings (SSSR count). The lowest BCUT2D eigenvalue weighted by molar-refractivity contribution is 0.0900. The van der Waals surface area contributed by atoms with Crippen LogP contribution in [0.25, 0.3) is 0 Å². The molecule has 20 heavy (non-hydrogen) atoms. The molecule has 0 amide bonds. The van der Waals surface area contributed by atoms with Crippen LogP contribution in [0.3, 0.4) is 0 Å². The molecule has 2 N–H and O–H groups in total. The maximum Gasteiger partial charge on any atom is 0.0223 e. The minimum atomic E-state index is 0.431. The summed E-state index contributed by atoms with van der Waals surface area (Å²) in [5, 5.41) is 0. The fraction of sp³-hybridized carbons (Fsp3) is 1.00. The molecule has 3 nitrogen and oxygen atoms in total. The van der Waals surface area contributed by atoms with Gasteiger partial charge in [0, 0.05) is 19.1 Å². The van der Waals surface area contributed by atoms with Gasteiger partial charge in [0.1, 0.15) is 0 Å². The normalized spacial score (nSPS) is 40.5. The van der Waals surface area contributed by atoms with Gasteiger partial charge >= 0.3 is 0 Å². The average molecular weight is 279 g/mol. The Bertz CT molecular complexity index is 309. The van der Waals surface area contributed by atoms with E-state index in [0.717, 1.165) is 18.5 Å². The Morgan fingerprint density at radius 3 is 2.55 bits per heavy atom. The molecule has 2 aliphatic heterocycles. The third-order valence-electron chi connectivity index (χ3n) is 6.21. The van der Waals surface area contributed by atoms with E-state index in [0.29, 0.717) is 5.41 Å². The zero-order chi connectivity index (χ0) is 14.0. The standard InChI is InChI=1S/C17H33N3/c1-15-5-7-17(13-18,8-6-15)14-19-9-3-11-20-10-2-4-16(20)12-19/h15-16H,2-14,18H2,1H3. The van der Waals surface area contributed by atoms with Gasteiger partial charge in [-0.15, -0.1) is 0 Å². The molecule has 0 radical (unpaired) electrons. The number of nitrogens with two attached hydrogens (primary N) is 1. The second-order valence-corrected chi connectivity index (χ2v) is 7.81. The van der Waals surface area contributed by atoms with Crippen molar-refractivity contribution in [2.75, 3.05) is 39.3 Å². The minimum absolute atomic E-state index is 0.431. The van der Waals surface area contributed by atoms with Crippen LogP contribution in [0.2, 0.25) is 0 Å². The van der Waals surface area contributed by atoms with Crippen LogP contribution in [-0.2, 0) is 0 Å². The lowest BCUT2D eigenvalue weighted by Crippen LogP contribution is -2.47. The average Bonchev–Trinajstić information content (AvgIpc) is 2.81. The van der Waals surface area contributed by atoms with Crippen LogP contribution < -0.4 is 5.73 Å². The Hall–Kier alpha value is -0.120. The van der Waals surface area contributed by atoms with Gasteiger partial charge < -0.3 is 10.6 Å². The first-order valence-electron chi connectivity index (χ1n) is 8.87. The predicted octanol–water partition coefficient (Wildman–Crippen LogP) is 2.31. The van der Waals surface area contributed by atoms with Crippen molar-refractivity contribution in [3.8, 4) is 0 Å². The molecule has 1 atom stereocenters. The minimum Gasteiger partial charge on any atom is -0.330 e. The van der Waals surface area contributed by atoms with E-state index in [9.17, 15) is 0 Å². The molecule has 116 valence electrons. The molecule has 1 aliphatic carbocycles. The largest absolute Gasteiger partial charge is 0.330 e. The zero-order valence-corrected chi connectivity index (χ0v) is 13.3. The fourth-order valence-corrected chi connectivity index (χ4v) is 4.70. The molecular formula is C17H33N3. The van der Waals surface area contributed by atoms with Crippen LogP contribution in [0, 0.1) is 11.3 Å². The Labute approximate surface area is 124 Å². The van der Waals surface area contributed by atoms with Crippen molar-refractivity contribution < 1.29 is 0 Å². The molecule has 1 unspecified atom stereocenters. The van der Waals surface area contributed by atoms with Gasteiger partial charge in [-0.05, 0) is 69.6 Å². The molecule has 0 aromatic carbocycles. The number of rotatable bonds is 3. The third-order valence-corrected chi connectivity index (χ3v) is 6.21. The highest BCUT2D eigenvalue weighted by Crippen LogP contribution is 2.39. The first-order valence-corrected chi connectivity index (χ1v) is 8.87. The van der Waals surface area contributed by atoms with Gasteiger partial charge in [0.25, 0.3) is 0 Å². The summed E-state index contributed by atoms with van der Waals surface area (Å²) in [6, 6.07) is 0.842. The van der Waals surface area contributed by atoms with E-state index in [1.165, 1.54) is 77.7 Å². The van der Waals surface area contributed by atoms with E-state index in [1.54, 1.807) is 0 Å². The van der Waals surface area contributed by atoms with E-state index in [1.807, 2.05) is 0 Å². The smallest absolute Gasteiger partial charge is 0.0223 e. The topological polar surface area (TPSA) is 32.5 Å². The predicted molar refractivity (Wildman–Crippen MR) is 84.8 cm³/mol. The van der Waals surface area contributed by atoms with E-state index in [-0.39, 0.29) is 0 Å². The molecule has 3 fully saturated rings. The van der Waals surface area contributed by atoms with Crippen LogP contribution in [0.15, 0.2) is 0 Å². The Morgan fingerprint density at radius 2 is 1.80 bits per heavy atom. The van der Waals surface area contributed by atoms with Crippen molar-refractivity contribution >= 4 is 0 Å². The molecule has 0 bridgehead atoms. The molecule has 0 aromatic heterocycles. The van der Waals surface area contributed by atoms with Gasteiger partial charge in [-0.2, -0.15) is 0 Å². The van der Waals surface area contributed by atoms with Crippen LogP contribution >= 0.6 is 0 Å². The van der Waals surface area contributed by atoms with Crippen molar-refractivity contribution in [2.24, 2.45) is 17.1 Å². The number of hydrogen-bond donors (Lipinski definition) is 1. The second-order valence-electron chi connectivity index (χ2n) is 7.81. The van der Waals surface area contributed by atoms with Gasteiger partial charge in [-0.1, -0.05) is 19.8 Å². The van der Waals surface area contributed by atoms with Gasteiger partial charge in [0.15, 0.2) is 0 Å². The second kappa shape index (κ2) is 6.33. The van der Waals surface area contributed by atoms with E-state index in [4.69, 9.17) is 5.73 Å². The summed E-state index contributed by atoms with van der Waals surface area (Å²) >= 11 is 0. The summed E-state index contributed by atoms with van der Waals surface area (Å²) in [5.41, 5.74) is 6.64. The van der Waals surface area contributed by atoms with Gasteiger partial charge in [0.05, 0.1) is 0 Å². The number of nitrogens with zero attached hydrogens (tertiary/aromatic N) is 2. The Balaban J connectivity index is 1.60. The summed E-state index contributed by atoms with van der Waals surface area (Å²) < 4.78 is 0. The Morgan fingerprint density at radius 1 is 1.05 bits per heavy atom. The van der Waals surface area contributed by atoms with E-state index < -0.39 is 0 Å². The summed E-state index contributed by atoms with van der Waals surface area (Å²) in [7, 11) is 0. The summed E-state index contributed by atoms with van der Waals surface area (Å²) in [5.74, 6) is 0.920. The maximum atomic E-state index is 6.21. The maximum absolute atomic E-state index is 6.21. The van der Waals surface area contributed by atoms with Crippen LogP contribution in [0.4, 0.5) is 0 Å². The summed E-state index contributed by atoms with van der Waals surface area (Å²) in [6.07, 6.45) is 9.68. The highest BCUT2D eigenvalue weighted by molar-refractivity contribution is 4.91. The molecule has 3 aliphatic rings. The quantitative estimate of drug-likeness (QED) is 0.860. The molecule has 2 saturated heterocycles. The van der Waals surface area contributed by atoms with Crippen LogP contribution in [0.1, 0.15) is 51.9 Å². The zero-order valence-electron chi connectivity index (χ0n) is 13.3. The fourth-order valence-electron chi connectivity index (χ4n) is 4.70. The Kier molecular flexibility index (Phi) is 4.68. The highest BCUT2D eigenvalue weighted by atomic mass is 15.3. The SMILES string of the molecule is CC1CCC(CN)(CN2CCCN3CCCC3C2)CC1. The molecule has 3 heteroatoms. The molecule has 2 heterocycles. The van der Waals surface area contributed by atoms with Crippen LogP contribution in [-0.4, -0.2) is 55.1 Å². The third kappa shape index (κ3) is 3.20. The van der Waals surface area contributed by atoms with Crippen molar-refractivity contribution in [3.63, 3.8) is 0 Å². The lowest BCUT2D eigenvalue weighted by Gasteiger charge is -2.42. The molecular weight excluding hydrogens is 246 g/mol. The van der Waals surface area contributed by atoms with Gasteiger partial charge in [-0.3, -0.25) is 4.90 Å². The lowest BCUT2D eigenvalue weighted by atomic mass is 9.70. The van der Waals surface area contributed by atoms with Crippen molar-refractivity contribution in [2.45, 2.75) is 57.9 Å². The van der Waals surface area contributed by atoms with Gasteiger partial charge in [0.2, 0.25) is 0 Å². The molecule has 0 spiro atoms. The van der Waals surface area contributed by atoms with E-state index >= 15 is 0 Å².